The Labute approximate surface area is 89.4 Å². The minimum absolute atomic E-state index is 0.0530. The van der Waals surface area contributed by atoms with Gasteiger partial charge in [0.15, 0.2) is 0 Å². The van der Waals surface area contributed by atoms with E-state index < -0.39 is 7.82 Å². The molecule has 0 bridgehead atoms. The van der Waals surface area contributed by atoms with E-state index in [9.17, 15) is 4.57 Å². The highest BCUT2D eigenvalue weighted by Crippen LogP contribution is 2.36. The zero-order chi connectivity index (χ0) is 11.5. The fourth-order valence-electron chi connectivity index (χ4n) is 1.59. The molecule has 0 aromatic carbocycles. The molecule has 1 heterocycles. The van der Waals surface area contributed by atoms with Gasteiger partial charge in [0.05, 0.1) is 6.61 Å². The molecule has 6 nitrogen and oxygen atoms in total. The van der Waals surface area contributed by atoms with Gasteiger partial charge in [-0.25, -0.2) is 4.57 Å². The van der Waals surface area contributed by atoms with Gasteiger partial charge in [0.2, 0.25) is 0 Å². The zero-order valence-electron chi connectivity index (χ0n) is 8.91. The first-order valence-electron chi connectivity index (χ1n) is 4.80. The Kier molecular flexibility index (Phi) is 4.16. The lowest BCUT2D eigenvalue weighted by Gasteiger charge is -2.29. The second-order valence-electron chi connectivity index (χ2n) is 3.39. The van der Waals surface area contributed by atoms with E-state index in [1.807, 2.05) is 31.3 Å². The third-order valence-corrected chi connectivity index (χ3v) is 2.87. The summed E-state index contributed by atoms with van der Waals surface area (Å²) in [5, 5.41) is 0. The minimum Gasteiger partial charge on any atom is -0.359 e. The second-order valence-corrected chi connectivity index (χ2v) is 4.63. The standard InChI is InChI=1S/C8H17N2O4P/c1-3-10-6-5-9(2)8(10)4-7-14-15(11,12)13/h5-6,8H,3-4,7H2,1-2H3,(H2,11,12,13). The SMILES string of the molecule is CCN1C=CN(C)C1CCOP(=O)(O)O. The molecular formula is C8H17N2O4P. The van der Waals surface area contributed by atoms with E-state index in [-0.39, 0.29) is 12.8 Å². The highest BCUT2D eigenvalue weighted by atomic mass is 31.2. The highest BCUT2D eigenvalue weighted by Gasteiger charge is 2.23. The lowest BCUT2D eigenvalue weighted by atomic mass is 10.3. The number of hydrogen-bond acceptors (Lipinski definition) is 4. The summed E-state index contributed by atoms with van der Waals surface area (Å²) in [5.74, 6) is 0. The largest absolute Gasteiger partial charge is 0.469 e. The number of phosphoric ester groups is 1. The van der Waals surface area contributed by atoms with Crippen molar-refractivity contribution in [3.8, 4) is 0 Å². The lowest BCUT2D eigenvalue weighted by Crippen LogP contribution is -2.37. The summed E-state index contributed by atoms with van der Waals surface area (Å²) < 4.78 is 14.9. The molecule has 0 fully saturated rings. The second kappa shape index (κ2) is 4.99. The molecule has 1 rings (SSSR count). The van der Waals surface area contributed by atoms with Gasteiger partial charge in [-0.2, -0.15) is 0 Å². The first-order chi connectivity index (χ1) is 6.94. The molecule has 0 aromatic heterocycles. The smallest absolute Gasteiger partial charge is 0.359 e. The van der Waals surface area contributed by atoms with Crippen molar-refractivity contribution in [3.63, 3.8) is 0 Å². The van der Waals surface area contributed by atoms with Gasteiger partial charge in [0, 0.05) is 32.4 Å². The molecule has 0 aromatic rings. The van der Waals surface area contributed by atoms with Crippen molar-refractivity contribution in [1.82, 2.24) is 9.80 Å². The molecule has 0 saturated carbocycles. The molecular weight excluding hydrogens is 219 g/mol. The third-order valence-electron chi connectivity index (χ3n) is 2.35. The monoisotopic (exact) mass is 236 g/mol. The Balaban J connectivity index is 2.35. The van der Waals surface area contributed by atoms with Crippen LogP contribution in [0.25, 0.3) is 0 Å². The van der Waals surface area contributed by atoms with Crippen molar-refractivity contribution in [2.45, 2.75) is 19.5 Å². The van der Waals surface area contributed by atoms with Crippen LogP contribution in [0.3, 0.4) is 0 Å². The maximum Gasteiger partial charge on any atom is 0.469 e. The van der Waals surface area contributed by atoms with Crippen molar-refractivity contribution in [3.05, 3.63) is 12.4 Å². The topological polar surface area (TPSA) is 73.2 Å². The first-order valence-corrected chi connectivity index (χ1v) is 6.33. The maximum atomic E-state index is 10.5. The van der Waals surface area contributed by atoms with Gasteiger partial charge in [-0.15, -0.1) is 0 Å². The lowest BCUT2D eigenvalue weighted by molar-refractivity contribution is 0.127. The van der Waals surface area contributed by atoms with Crippen LogP contribution in [0.5, 0.6) is 0 Å². The Bertz CT molecular complexity index is 278. The molecule has 1 aliphatic rings. The first kappa shape index (κ1) is 12.5. The molecule has 0 aliphatic carbocycles. The van der Waals surface area contributed by atoms with E-state index in [4.69, 9.17) is 9.79 Å². The van der Waals surface area contributed by atoms with Gasteiger partial charge in [0.25, 0.3) is 0 Å². The Hall–Kier alpha value is -0.550. The van der Waals surface area contributed by atoms with Crippen LogP contribution < -0.4 is 0 Å². The maximum absolute atomic E-state index is 10.5. The molecule has 15 heavy (non-hydrogen) atoms. The van der Waals surface area contributed by atoms with E-state index in [0.29, 0.717) is 6.42 Å². The van der Waals surface area contributed by atoms with E-state index in [0.717, 1.165) is 6.54 Å². The zero-order valence-corrected chi connectivity index (χ0v) is 9.80. The molecule has 7 heteroatoms. The van der Waals surface area contributed by atoms with Crippen molar-refractivity contribution >= 4 is 7.82 Å². The van der Waals surface area contributed by atoms with Crippen molar-refractivity contribution < 1.29 is 18.9 Å². The van der Waals surface area contributed by atoms with Gasteiger partial charge < -0.3 is 19.6 Å². The average molecular weight is 236 g/mol. The minimum atomic E-state index is -4.33. The molecule has 0 saturated heterocycles. The third kappa shape index (κ3) is 3.83. The van der Waals surface area contributed by atoms with E-state index in [1.54, 1.807) is 0 Å². The predicted molar refractivity (Wildman–Crippen MR) is 55.7 cm³/mol. The van der Waals surface area contributed by atoms with Crippen LogP contribution in [0, 0.1) is 0 Å². The fourth-order valence-corrected chi connectivity index (χ4v) is 1.93. The Morgan fingerprint density at radius 1 is 1.47 bits per heavy atom. The van der Waals surface area contributed by atoms with Crippen LogP contribution in [0.1, 0.15) is 13.3 Å². The molecule has 88 valence electrons. The quantitative estimate of drug-likeness (QED) is 0.679. The summed E-state index contributed by atoms with van der Waals surface area (Å²) in [5.41, 5.74) is 0. The summed E-state index contributed by atoms with van der Waals surface area (Å²) in [6, 6.07) is 0. The fraction of sp³-hybridized carbons (Fsp3) is 0.750. The van der Waals surface area contributed by atoms with Gasteiger partial charge >= 0.3 is 7.82 Å². The van der Waals surface area contributed by atoms with Crippen LogP contribution in [-0.4, -0.2) is 46.0 Å². The van der Waals surface area contributed by atoms with Gasteiger partial charge in [-0.3, -0.25) is 4.52 Å². The summed E-state index contributed by atoms with van der Waals surface area (Å²) in [4.78, 5) is 21.1. The van der Waals surface area contributed by atoms with Crippen LogP contribution in [0.2, 0.25) is 0 Å². The van der Waals surface area contributed by atoms with Crippen molar-refractivity contribution in [2.24, 2.45) is 0 Å². The van der Waals surface area contributed by atoms with Crippen LogP contribution >= 0.6 is 7.82 Å². The van der Waals surface area contributed by atoms with Crippen molar-refractivity contribution in [1.29, 1.82) is 0 Å². The molecule has 0 spiro atoms. The van der Waals surface area contributed by atoms with Crippen LogP contribution in [-0.2, 0) is 9.09 Å². The molecule has 0 amide bonds. The van der Waals surface area contributed by atoms with E-state index in [1.165, 1.54) is 0 Å². The molecule has 1 unspecified atom stereocenters. The number of hydrogen-bond donors (Lipinski definition) is 2. The number of phosphoric acid groups is 1. The summed E-state index contributed by atoms with van der Waals surface area (Å²) in [7, 11) is -2.40. The molecule has 0 radical (unpaired) electrons. The number of rotatable bonds is 5. The van der Waals surface area contributed by atoms with Gasteiger partial charge in [0.1, 0.15) is 6.17 Å². The Morgan fingerprint density at radius 2 is 2.13 bits per heavy atom. The summed E-state index contributed by atoms with van der Waals surface area (Å²) in [6.45, 7) is 2.94. The van der Waals surface area contributed by atoms with Gasteiger partial charge in [-0.05, 0) is 6.92 Å². The van der Waals surface area contributed by atoms with E-state index in [2.05, 4.69) is 9.42 Å². The van der Waals surface area contributed by atoms with Gasteiger partial charge in [-0.1, -0.05) is 0 Å². The van der Waals surface area contributed by atoms with Crippen LogP contribution in [0.4, 0.5) is 0 Å². The Morgan fingerprint density at radius 3 is 2.67 bits per heavy atom. The summed E-state index contributed by atoms with van der Waals surface area (Å²) >= 11 is 0. The number of nitrogens with zero attached hydrogens (tertiary/aromatic N) is 2. The van der Waals surface area contributed by atoms with Crippen LogP contribution in [0.15, 0.2) is 12.4 Å². The average Bonchev–Trinajstić information content (AvgIpc) is 2.46. The van der Waals surface area contributed by atoms with Crippen molar-refractivity contribution in [2.75, 3.05) is 20.2 Å². The molecule has 1 aliphatic heterocycles. The van der Waals surface area contributed by atoms with E-state index >= 15 is 0 Å². The summed E-state index contributed by atoms with van der Waals surface area (Å²) in [6.07, 6.45) is 4.58. The normalized spacial score (nSPS) is 21.5. The predicted octanol–water partition coefficient (Wildman–Crippen LogP) is 0.550. The molecule has 2 N–H and O–H groups in total. The highest BCUT2D eigenvalue weighted by molar-refractivity contribution is 7.46. The molecule has 1 atom stereocenters.